The summed E-state index contributed by atoms with van der Waals surface area (Å²) >= 11 is 0. The van der Waals surface area contributed by atoms with Gasteiger partial charge in [-0.1, -0.05) is 382 Å². The highest BCUT2D eigenvalue weighted by molar-refractivity contribution is 7.97. The molecule has 21 rings (SSSR count). The predicted molar refractivity (Wildman–Crippen MR) is 476 cm³/mol. The summed E-state index contributed by atoms with van der Waals surface area (Å²) in [5, 5.41) is 36.6. The average molecular weight is 1460 g/mol. The minimum Gasteiger partial charge on any atom is -0.565 e. The summed E-state index contributed by atoms with van der Waals surface area (Å²) in [6.07, 6.45) is -2.08. The summed E-state index contributed by atoms with van der Waals surface area (Å²) in [6, 6.07) is 160. The first-order valence-electron chi connectivity index (χ1n) is 38.4. The van der Waals surface area contributed by atoms with Gasteiger partial charge in [-0.25, -0.2) is 0 Å². The molecule has 4 heteroatoms. The van der Waals surface area contributed by atoms with Gasteiger partial charge in [0.2, 0.25) is 6.16 Å². The van der Waals surface area contributed by atoms with Crippen LogP contribution >= 0.6 is 0 Å². The van der Waals surface area contributed by atoms with Crippen molar-refractivity contribution in [2.45, 2.75) is 14.7 Å². The van der Waals surface area contributed by atoms with E-state index in [1.54, 1.807) is 0 Å². The Kier molecular flexibility index (Phi) is 17.3. The molecular formula is C109H70O3S. The molecule has 3 nitrogen and oxygen atoms in total. The van der Waals surface area contributed by atoms with Crippen LogP contribution in [0.5, 0.6) is 0 Å². The Hall–Kier alpha value is -14.4. The summed E-state index contributed by atoms with van der Waals surface area (Å²) in [4.78, 5) is 12.1. The highest BCUT2D eigenvalue weighted by atomic mass is 32.2. The Morgan fingerprint density at radius 1 is 0.177 bits per heavy atom. The molecule has 21 aromatic carbocycles. The fraction of sp³-hybridized carbons (Fsp3) is 0. The quantitative estimate of drug-likeness (QED) is 0.124. The molecule has 530 valence electrons. The Labute approximate surface area is 657 Å². The summed E-state index contributed by atoms with van der Waals surface area (Å²) < 4.78 is 0. The molecular weight excluding hydrogens is 1390 g/mol. The second kappa shape index (κ2) is 28.9. The first kappa shape index (κ1) is 67.9. The molecule has 21 aromatic rings. The van der Waals surface area contributed by atoms with Crippen LogP contribution in [-0.4, -0.2) is 11.3 Å². The first-order chi connectivity index (χ1) is 55.8. The lowest BCUT2D eigenvalue weighted by atomic mass is 9.88. The fourth-order valence-corrected chi connectivity index (χ4v) is 20.7. The summed E-state index contributed by atoms with van der Waals surface area (Å²) in [5.74, 6) is 0. The highest BCUT2D eigenvalue weighted by Crippen LogP contribution is 2.59. The molecule has 0 aliphatic carbocycles. The van der Waals surface area contributed by atoms with Gasteiger partial charge in [0.1, 0.15) is 10.9 Å². The van der Waals surface area contributed by atoms with E-state index in [9.17, 15) is 0 Å². The van der Waals surface area contributed by atoms with Gasteiger partial charge < -0.3 is 15.0 Å². The lowest BCUT2D eigenvalue weighted by molar-refractivity contribution is -0.275. The van der Waals surface area contributed by atoms with Crippen LogP contribution in [0.25, 0.3) is 197 Å². The van der Waals surface area contributed by atoms with Crippen LogP contribution in [0.1, 0.15) is 0 Å². The summed E-state index contributed by atoms with van der Waals surface area (Å²) in [6.45, 7) is 0. The van der Waals surface area contributed by atoms with Crippen molar-refractivity contribution in [2.75, 3.05) is 0 Å². The van der Waals surface area contributed by atoms with Crippen LogP contribution in [-0.2, 0) is 10.9 Å². The van der Waals surface area contributed by atoms with Gasteiger partial charge >= 0.3 is 0 Å². The molecule has 113 heavy (non-hydrogen) atoms. The SMILES string of the molecule is O=C([O-])O.c1ccc2c(-c3cc(-c4cccc5ccccc45)c([S+](c4c(-c5cccc6ccccc56)cc(-c5cccc6ccccc56)cc4-c4cccc5ccccc45)c4c(-c5cccc6ccccc56)cc(-c5cccc6ccccc56)cc4-c4cccc5ccccc45)c(-c4cccc5ccccc45)c3)cccc2c1. The number of carboxylic acid groups (broad SMARTS) is 2. The predicted octanol–water partition coefficient (Wildman–Crippen LogP) is 29.1. The van der Waals surface area contributed by atoms with Crippen LogP contribution < -0.4 is 5.11 Å². The standard InChI is InChI=1S/C108H69S.CH2O3/c1-10-46-82-70(28-1)37-19-55-91(82)79-64-100(94-58-22-40-73-31-4-13-49-85(73)94)106(101(65-79)95-59-23-41-74-32-5-14-50-86(74)95)109(107-102(96-60-24-42-75-33-6-15-51-87(75)96)66-80(92-56-20-38-71-29-2-11-47-83(71)92)67-103(107)97-61-25-43-76-34-7-16-52-88(76)97)108-104(98-62-26-44-77-35-8-17-53-89(77)98)68-81(93-57-21-39-72-30-3-12-48-84(72)93)69-105(108)99-63-27-45-78-36-9-18-54-90(78)99;2-1(3)4/h1-69H;(H2,2,3,4)/q+1;/p-1. The van der Waals surface area contributed by atoms with Crippen LogP contribution in [0.2, 0.25) is 0 Å². The van der Waals surface area contributed by atoms with Crippen LogP contribution in [0.3, 0.4) is 0 Å². The Morgan fingerprint density at radius 3 is 0.460 bits per heavy atom. The molecule has 0 amide bonds. The molecule has 0 aromatic heterocycles. The van der Waals surface area contributed by atoms with Gasteiger partial charge in [0.25, 0.3) is 0 Å². The normalized spacial score (nSPS) is 11.5. The van der Waals surface area contributed by atoms with Crippen molar-refractivity contribution in [1.29, 1.82) is 0 Å². The van der Waals surface area contributed by atoms with Gasteiger partial charge in [-0.15, -0.1) is 0 Å². The van der Waals surface area contributed by atoms with Gasteiger partial charge in [0, 0.05) is 33.4 Å². The topological polar surface area (TPSA) is 60.4 Å². The van der Waals surface area contributed by atoms with E-state index >= 15 is 0 Å². The van der Waals surface area contributed by atoms with Gasteiger partial charge in [0.05, 0.1) is 0 Å². The van der Waals surface area contributed by atoms with Crippen molar-refractivity contribution >= 4 is 114 Å². The number of hydrogen-bond donors (Lipinski definition) is 1. The third-order valence-corrected chi connectivity index (χ3v) is 25.2. The van der Waals surface area contributed by atoms with E-state index in [4.69, 9.17) is 15.0 Å². The molecule has 0 radical (unpaired) electrons. The lowest BCUT2D eigenvalue weighted by Crippen LogP contribution is -2.17. The molecule has 0 fully saturated rings. The zero-order chi connectivity index (χ0) is 75.5. The summed E-state index contributed by atoms with van der Waals surface area (Å²) in [7, 11) is -1.22. The number of fused-ring (bicyclic) bond motifs is 9. The van der Waals surface area contributed by atoms with Gasteiger partial charge in [-0.2, -0.15) is 0 Å². The molecule has 1 N–H and O–H groups in total. The van der Waals surface area contributed by atoms with Crippen molar-refractivity contribution in [1.82, 2.24) is 0 Å². The summed E-state index contributed by atoms with van der Waals surface area (Å²) in [5.41, 5.74) is 20.8. The Morgan fingerprint density at radius 2 is 0.301 bits per heavy atom. The van der Waals surface area contributed by atoms with E-state index in [1.165, 1.54) is 128 Å². The van der Waals surface area contributed by atoms with Crippen molar-refractivity contribution in [3.8, 4) is 100 Å². The number of carbonyl (C=O) groups is 1. The van der Waals surface area contributed by atoms with E-state index in [0.29, 0.717) is 0 Å². The fourth-order valence-electron chi connectivity index (χ4n) is 17.7. The molecule has 0 aliphatic rings. The maximum Gasteiger partial charge on any atom is 0.249 e. The number of rotatable bonds is 12. The number of benzene rings is 21. The van der Waals surface area contributed by atoms with Gasteiger partial charge in [-0.3, -0.25) is 0 Å². The molecule has 0 aliphatic heterocycles. The molecule has 0 bridgehead atoms. The van der Waals surface area contributed by atoms with E-state index in [2.05, 4.69) is 419 Å². The Balaban J connectivity index is 0.00000203. The second-order valence-corrected chi connectivity index (χ2v) is 30.9. The minimum atomic E-state index is -2.08. The highest BCUT2D eigenvalue weighted by Gasteiger charge is 2.45. The molecule has 0 heterocycles. The third kappa shape index (κ3) is 12.2. The third-order valence-electron chi connectivity index (χ3n) is 22.7. The van der Waals surface area contributed by atoms with E-state index in [1.807, 2.05) is 0 Å². The van der Waals surface area contributed by atoms with E-state index in [-0.39, 0.29) is 0 Å². The maximum atomic E-state index is 8.44. The number of hydrogen-bond acceptors (Lipinski definition) is 2. The van der Waals surface area contributed by atoms with Crippen LogP contribution in [0.15, 0.2) is 433 Å². The zero-order valence-electron chi connectivity index (χ0n) is 61.5. The largest absolute Gasteiger partial charge is 0.565 e. The van der Waals surface area contributed by atoms with Crippen molar-refractivity contribution in [2.24, 2.45) is 0 Å². The zero-order valence-corrected chi connectivity index (χ0v) is 62.3. The van der Waals surface area contributed by atoms with Crippen LogP contribution in [0.4, 0.5) is 4.79 Å². The molecule has 0 atom stereocenters. The molecule has 0 saturated heterocycles. The minimum absolute atomic E-state index is 1.14. The Bertz CT molecular complexity index is 6350. The second-order valence-electron chi connectivity index (χ2n) is 29.0. The van der Waals surface area contributed by atoms with Gasteiger partial charge in [0.15, 0.2) is 14.7 Å². The first-order valence-corrected chi connectivity index (χ1v) is 39.6. The molecule has 0 unspecified atom stereocenters. The molecule has 0 saturated carbocycles. The lowest BCUT2D eigenvalue weighted by Gasteiger charge is -2.27. The maximum absolute atomic E-state index is 8.44. The van der Waals surface area contributed by atoms with E-state index in [0.717, 1.165) is 83.5 Å². The van der Waals surface area contributed by atoms with Crippen molar-refractivity contribution in [3.63, 3.8) is 0 Å². The smallest absolute Gasteiger partial charge is 0.249 e. The van der Waals surface area contributed by atoms with Crippen molar-refractivity contribution < 1.29 is 15.0 Å². The van der Waals surface area contributed by atoms with Gasteiger partial charge in [-0.05, 0) is 200 Å². The van der Waals surface area contributed by atoms with E-state index < -0.39 is 17.1 Å². The van der Waals surface area contributed by atoms with Crippen LogP contribution in [0, 0.1) is 0 Å². The average Bonchev–Trinajstić information content (AvgIpc) is 0.704. The molecule has 0 spiro atoms. The van der Waals surface area contributed by atoms with Crippen molar-refractivity contribution in [3.05, 3.63) is 419 Å². The monoisotopic (exact) mass is 1460 g/mol.